The molecule has 0 aliphatic carbocycles. The van der Waals surface area contributed by atoms with Gasteiger partial charge in [0.2, 0.25) is 0 Å². The van der Waals surface area contributed by atoms with Gasteiger partial charge in [0.15, 0.2) is 5.52 Å². The molecule has 3 aromatic rings. The maximum Gasteiger partial charge on any atom is 0.278 e. The molecule has 2 heterocycles. The number of unbranched alkanes of at least 4 members (excludes halogenated alkanes) is 1. The van der Waals surface area contributed by atoms with Gasteiger partial charge in [-0.05, 0) is 49.1 Å². The molecule has 8 heteroatoms. The number of anilines is 1. The number of H-pyrrole nitrogens is 1. The van der Waals surface area contributed by atoms with E-state index in [9.17, 15) is 9.59 Å². The minimum absolute atomic E-state index is 0.181. The van der Waals surface area contributed by atoms with E-state index in [-0.39, 0.29) is 17.0 Å². The number of aromatic amines is 1. The first-order valence-corrected chi connectivity index (χ1v) is 8.76. The fourth-order valence-corrected chi connectivity index (χ4v) is 2.98. The Kier molecular flexibility index (Phi) is 5.08. The second-order valence-electron chi connectivity index (χ2n) is 5.54. The number of hydrogen-bond donors (Lipinski definition) is 2. The van der Waals surface area contributed by atoms with E-state index in [1.165, 1.54) is 0 Å². The summed E-state index contributed by atoms with van der Waals surface area (Å²) in [5.41, 5.74) is 0.797. The standard InChI is InChI=1S/C17H18N4O3S/c1-3-4-9-24-12-7-5-11(6-8-12)20-17(23)15-13-14(21-25-15)16(22)19-10(2)18-13/h5-8H,3-4,9H2,1-2H3,(H,20,23)(H,18,19,22). The molecule has 0 saturated heterocycles. The van der Waals surface area contributed by atoms with Gasteiger partial charge in [0.25, 0.3) is 11.5 Å². The summed E-state index contributed by atoms with van der Waals surface area (Å²) in [6.45, 7) is 4.45. The van der Waals surface area contributed by atoms with Gasteiger partial charge in [-0.1, -0.05) is 13.3 Å². The van der Waals surface area contributed by atoms with E-state index < -0.39 is 0 Å². The van der Waals surface area contributed by atoms with Crippen LogP contribution in [0.25, 0.3) is 11.0 Å². The second kappa shape index (κ2) is 7.43. The first kappa shape index (κ1) is 17.1. The fraction of sp³-hybridized carbons (Fsp3) is 0.294. The van der Waals surface area contributed by atoms with Crippen molar-refractivity contribution in [2.45, 2.75) is 26.7 Å². The van der Waals surface area contributed by atoms with Crippen molar-refractivity contribution in [1.82, 2.24) is 14.3 Å². The number of nitrogens with one attached hydrogen (secondary N) is 2. The summed E-state index contributed by atoms with van der Waals surface area (Å²) in [7, 11) is 0. The van der Waals surface area contributed by atoms with E-state index in [4.69, 9.17) is 4.74 Å². The van der Waals surface area contributed by atoms with Crippen LogP contribution in [0.1, 0.15) is 35.3 Å². The monoisotopic (exact) mass is 358 g/mol. The number of amides is 1. The Balaban J connectivity index is 1.75. The molecule has 0 aliphatic rings. The maximum atomic E-state index is 12.5. The minimum Gasteiger partial charge on any atom is -0.494 e. The van der Waals surface area contributed by atoms with Gasteiger partial charge in [0.05, 0.1) is 6.61 Å². The van der Waals surface area contributed by atoms with Gasteiger partial charge >= 0.3 is 0 Å². The van der Waals surface area contributed by atoms with Crippen LogP contribution in [0.2, 0.25) is 0 Å². The Labute approximate surface area is 148 Å². The van der Waals surface area contributed by atoms with Gasteiger partial charge in [-0.2, -0.15) is 4.37 Å². The Morgan fingerprint density at radius 2 is 2.04 bits per heavy atom. The molecule has 0 bridgehead atoms. The van der Waals surface area contributed by atoms with Gasteiger partial charge < -0.3 is 15.0 Å². The lowest BCUT2D eigenvalue weighted by Crippen LogP contribution is -2.13. The number of carbonyl (C=O) groups is 1. The molecule has 0 spiro atoms. The zero-order chi connectivity index (χ0) is 17.8. The van der Waals surface area contributed by atoms with Gasteiger partial charge in [-0.15, -0.1) is 0 Å². The number of ether oxygens (including phenoxy) is 1. The highest BCUT2D eigenvalue weighted by Crippen LogP contribution is 2.21. The van der Waals surface area contributed by atoms with Crippen LogP contribution in [0, 0.1) is 6.92 Å². The third kappa shape index (κ3) is 3.85. The molecule has 130 valence electrons. The van der Waals surface area contributed by atoms with E-state index in [1.54, 1.807) is 19.1 Å². The highest BCUT2D eigenvalue weighted by atomic mass is 32.1. The van der Waals surface area contributed by atoms with Gasteiger partial charge in [0.1, 0.15) is 22.0 Å². The van der Waals surface area contributed by atoms with E-state index in [0.29, 0.717) is 28.5 Å². The SMILES string of the molecule is CCCCOc1ccc(NC(=O)c2snc3c(=O)[nH]c(C)nc23)cc1. The van der Waals surface area contributed by atoms with E-state index >= 15 is 0 Å². The number of carbonyl (C=O) groups excluding carboxylic acids is 1. The number of fused-ring (bicyclic) bond motifs is 1. The molecule has 0 aliphatic heterocycles. The number of rotatable bonds is 6. The van der Waals surface area contributed by atoms with Crippen molar-refractivity contribution in [3.8, 4) is 5.75 Å². The van der Waals surface area contributed by atoms with Crippen LogP contribution in [0.3, 0.4) is 0 Å². The number of nitrogens with zero attached hydrogens (tertiary/aromatic N) is 2. The van der Waals surface area contributed by atoms with Crippen LogP contribution in [-0.4, -0.2) is 26.9 Å². The summed E-state index contributed by atoms with van der Waals surface area (Å²) in [5, 5.41) is 2.79. The minimum atomic E-state index is -0.343. The first-order valence-electron chi connectivity index (χ1n) is 7.99. The molecule has 0 radical (unpaired) electrons. The molecule has 0 saturated carbocycles. The van der Waals surface area contributed by atoms with Crippen molar-refractivity contribution in [2.24, 2.45) is 0 Å². The van der Waals surface area contributed by atoms with Crippen LogP contribution in [0.15, 0.2) is 29.1 Å². The molecule has 0 atom stereocenters. The largest absolute Gasteiger partial charge is 0.494 e. The molecule has 1 aromatic carbocycles. The summed E-state index contributed by atoms with van der Waals surface area (Å²) in [6.07, 6.45) is 2.08. The maximum absolute atomic E-state index is 12.5. The molecular formula is C17H18N4O3S. The van der Waals surface area contributed by atoms with Crippen LogP contribution in [0.5, 0.6) is 5.75 Å². The quantitative estimate of drug-likeness (QED) is 0.660. The molecule has 0 unspecified atom stereocenters. The van der Waals surface area contributed by atoms with Crippen LogP contribution in [-0.2, 0) is 0 Å². The number of aromatic nitrogens is 3. The molecule has 7 nitrogen and oxygen atoms in total. The predicted octanol–water partition coefficient (Wildman–Crippen LogP) is 3.12. The lowest BCUT2D eigenvalue weighted by Gasteiger charge is -2.07. The van der Waals surface area contributed by atoms with Crippen LogP contribution in [0.4, 0.5) is 5.69 Å². The molecule has 2 N–H and O–H groups in total. The summed E-state index contributed by atoms with van der Waals surface area (Å²) < 4.78 is 9.63. The van der Waals surface area contributed by atoms with Crippen molar-refractivity contribution in [3.63, 3.8) is 0 Å². The van der Waals surface area contributed by atoms with Crippen LogP contribution < -0.4 is 15.6 Å². The normalized spacial score (nSPS) is 10.8. The van der Waals surface area contributed by atoms with Crippen molar-refractivity contribution in [3.05, 3.63) is 45.3 Å². The van der Waals surface area contributed by atoms with Crippen molar-refractivity contribution in [2.75, 3.05) is 11.9 Å². The molecule has 3 rings (SSSR count). The zero-order valence-electron chi connectivity index (χ0n) is 14.0. The molecule has 1 amide bonds. The summed E-state index contributed by atoms with van der Waals surface area (Å²) in [5.74, 6) is 0.864. The van der Waals surface area contributed by atoms with Crippen molar-refractivity contribution in [1.29, 1.82) is 0 Å². The zero-order valence-corrected chi connectivity index (χ0v) is 14.8. The third-order valence-corrected chi connectivity index (χ3v) is 4.38. The predicted molar refractivity (Wildman–Crippen MR) is 97.6 cm³/mol. The Morgan fingerprint density at radius 1 is 1.28 bits per heavy atom. The average molecular weight is 358 g/mol. The lowest BCUT2D eigenvalue weighted by atomic mass is 10.3. The highest BCUT2D eigenvalue weighted by Gasteiger charge is 2.18. The third-order valence-electron chi connectivity index (χ3n) is 3.54. The van der Waals surface area contributed by atoms with E-state index in [0.717, 1.165) is 30.1 Å². The number of benzene rings is 1. The van der Waals surface area contributed by atoms with E-state index in [2.05, 4.69) is 26.6 Å². The molecule has 0 fully saturated rings. The van der Waals surface area contributed by atoms with E-state index in [1.807, 2.05) is 12.1 Å². The van der Waals surface area contributed by atoms with Crippen molar-refractivity contribution >= 4 is 34.2 Å². The highest BCUT2D eigenvalue weighted by molar-refractivity contribution is 7.09. The summed E-state index contributed by atoms with van der Waals surface area (Å²) in [4.78, 5) is 31.4. The smallest absolute Gasteiger partial charge is 0.278 e. The van der Waals surface area contributed by atoms with Gasteiger partial charge in [-0.25, -0.2) is 4.98 Å². The molecular weight excluding hydrogens is 340 g/mol. The Bertz CT molecular complexity index is 947. The summed E-state index contributed by atoms with van der Waals surface area (Å²) in [6, 6.07) is 7.16. The summed E-state index contributed by atoms with van der Waals surface area (Å²) >= 11 is 0.961. The first-order chi connectivity index (χ1) is 12.1. The fourth-order valence-electron chi connectivity index (χ4n) is 2.26. The second-order valence-corrected chi connectivity index (χ2v) is 6.31. The lowest BCUT2D eigenvalue weighted by molar-refractivity contribution is 0.103. The molecule has 2 aromatic heterocycles. The topological polar surface area (TPSA) is 97.0 Å². The van der Waals surface area contributed by atoms with Crippen LogP contribution >= 0.6 is 11.5 Å². The number of hydrogen-bond acceptors (Lipinski definition) is 6. The Morgan fingerprint density at radius 3 is 2.76 bits per heavy atom. The average Bonchev–Trinajstić information content (AvgIpc) is 3.01. The Hall–Kier alpha value is -2.74. The van der Waals surface area contributed by atoms with Gasteiger partial charge in [0, 0.05) is 5.69 Å². The van der Waals surface area contributed by atoms with Crippen molar-refractivity contribution < 1.29 is 9.53 Å². The number of aryl methyl sites for hydroxylation is 1. The molecule has 25 heavy (non-hydrogen) atoms. The van der Waals surface area contributed by atoms with Gasteiger partial charge in [-0.3, -0.25) is 9.59 Å².